The average Bonchev–Trinajstić information content (AvgIpc) is 3.06. The summed E-state index contributed by atoms with van der Waals surface area (Å²) in [5.74, 6) is 2.75. The highest BCUT2D eigenvalue weighted by Crippen LogP contribution is 2.50. The molecule has 1 aliphatic rings. The summed E-state index contributed by atoms with van der Waals surface area (Å²) in [6.45, 7) is 2.27. The second-order valence-electron chi connectivity index (χ2n) is 4.52. The van der Waals surface area contributed by atoms with Crippen molar-refractivity contribution in [3.05, 3.63) is 29.8 Å². The van der Waals surface area contributed by atoms with Gasteiger partial charge in [-0.2, -0.15) is 0 Å². The van der Waals surface area contributed by atoms with Gasteiger partial charge in [-0.05, 0) is 42.4 Å². The van der Waals surface area contributed by atoms with E-state index in [0.29, 0.717) is 0 Å². The highest BCUT2D eigenvalue weighted by molar-refractivity contribution is 5.32. The highest BCUT2D eigenvalue weighted by Gasteiger charge is 2.37. The minimum absolute atomic E-state index is 0.836. The molecular weight excluding hydrogens is 184 g/mol. The summed E-state index contributed by atoms with van der Waals surface area (Å²) >= 11 is 0. The van der Waals surface area contributed by atoms with Crippen LogP contribution in [0.25, 0.3) is 0 Å². The molecule has 0 heterocycles. The SMILES string of the molecule is CCCC[C@H]1C[C@H]1c1ccc(OC)cc1. The van der Waals surface area contributed by atoms with Gasteiger partial charge in [-0.1, -0.05) is 31.9 Å². The van der Waals surface area contributed by atoms with E-state index < -0.39 is 0 Å². The minimum Gasteiger partial charge on any atom is -0.497 e. The molecule has 0 unspecified atom stereocenters. The summed E-state index contributed by atoms with van der Waals surface area (Å²) in [6.07, 6.45) is 5.52. The first-order valence-electron chi connectivity index (χ1n) is 5.99. The van der Waals surface area contributed by atoms with Crippen LogP contribution in [0.15, 0.2) is 24.3 Å². The van der Waals surface area contributed by atoms with Crippen molar-refractivity contribution in [1.29, 1.82) is 0 Å². The molecule has 1 saturated carbocycles. The van der Waals surface area contributed by atoms with Crippen LogP contribution in [0.3, 0.4) is 0 Å². The first-order chi connectivity index (χ1) is 7.35. The maximum Gasteiger partial charge on any atom is 0.118 e. The fourth-order valence-electron chi connectivity index (χ4n) is 2.29. The third-order valence-corrected chi connectivity index (χ3v) is 3.40. The largest absolute Gasteiger partial charge is 0.497 e. The number of unbranched alkanes of at least 4 members (excludes halogenated alkanes) is 1. The zero-order chi connectivity index (χ0) is 10.7. The molecule has 1 aromatic carbocycles. The molecule has 0 amide bonds. The van der Waals surface area contributed by atoms with Crippen molar-refractivity contribution in [2.45, 2.75) is 38.5 Å². The van der Waals surface area contributed by atoms with E-state index in [1.54, 1.807) is 7.11 Å². The Morgan fingerprint density at radius 1 is 1.27 bits per heavy atom. The number of ether oxygens (including phenoxy) is 1. The molecule has 82 valence electrons. The fourth-order valence-corrected chi connectivity index (χ4v) is 2.29. The molecule has 0 bridgehead atoms. The lowest BCUT2D eigenvalue weighted by Crippen LogP contribution is -1.86. The van der Waals surface area contributed by atoms with Gasteiger partial charge >= 0.3 is 0 Å². The van der Waals surface area contributed by atoms with Crippen molar-refractivity contribution in [1.82, 2.24) is 0 Å². The Morgan fingerprint density at radius 2 is 2.00 bits per heavy atom. The van der Waals surface area contributed by atoms with Crippen molar-refractivity contribution >= 4 is 0 Å². The number of methoxy groups -OCH3 is 1. The fraction of sp³-hybridized carbons (Fsp3) is 0.571. The Labute approximate surface area is 92.5 Å². The van der Waals surface area contributed by atoms with Gasteiger partial charge in [0.25, 0.3) is 0 Å². The number of hydrogen-bond acceptors (Lipinski definition) is 1. The topological polar surface area (TPSA) is 9.23 Å². The molecular formula is C14H20O. The van der Waals surface area contributed by atoms with Crippen LogP contribution in [0.1, 0.15) is 44.1 Å². The smallest absolute Gasteiger partial charge is 0.118 e. The van der Waals surface area contributed by atoms with Gasteiger partial charge < -0.3 is 4.74 Å². The third-order valence-electron chi connectivity index (χ3n) is 3.40. The quantitative estimate of drug-likeness (QED) is 0.704. The third kappa shape index (κ3) is 2.53. The molecule has 0 saturated heterocycles. The van der Waals surface area contributed by atoms with Crippen LogP contribution in [0, 0.1) is 5.92 Å². The van der Waals surface area contributed by atoms with Gasteiger partial charge in [0.2, 0.25) is 0 Å². The summed E-state index contributed by atoms with van der Waals surface area (Å²) in [4.78, 5) is 0. The molecule has 2 atom stereocenters. The summed E-state index contributed by atoms with van der Waals surface area (Å²) in [5.41, 5.74) is 1.50. The Morgan fingerprint density at radius 3 is 2.60 bits per heavy atom. The first kappa shape index (κ1) is 10.5. The Balaban J connectivity index is 1.89. The van der Waals surface area contributed by atoms with E-state index in [1.807, 2.05) is 0 Å². The van der Waals surface area contributed by atoms with Crippen molar-refractivity contribution in [3.63, 3.8) is 0 Å². The Bertz CT molecular complexity index is 302. The van der Waals surface area contributed by atoms with Gasteiger partial charge in [0.1, 0.15) is 5.75 Å². The van der Waals surface area contributed by atoms with Crippen LogP contribution < -0.4 is 4.74 Å². The van der Waals surface area contributed by atoms with Gasteiger partial charge in [-0.25, -0.2) is 0 Å². The lowest BCUT2D eigenvalue weighted by atomic mass is 10.1. The summed E-state index contributed by atoms with van der Waals surface area (Å²) in [5, 5.41) is 0. The summed E-state index contributed by atoms with van der Waals surface area (Å²) < 4.78 is 5.16. The van der Waals surface area contributed by atoms with E-state index >= 15 is 0 Å². The molecule has 1 aromatic rings. The van der Waals surface area contributed by atoms with E-state index in [4.69, 9.17) is 4.74 Å². The van der Waals surface area contributed by atoms with Crippen LogP contribution in [0.2, 0.25) is 0 Å². The lowest BCUT2D eigenvalue weighted by Gasteiger charge is -2.02. The summed E-state index contributed by atoms with van der Waals surface area (Å²) in [6, 6.07) is 8.58. The zero-order valence-electron chi connectivity index (χ0n) is 9.70. The zero-order valence-corrected chi connectivity index (χ0v) is 9.70. The average molecular weight is 204 g/mol. The lowest BCUT2D eigenvalue weighted by molar-refractivity contribution is 0.414. The van der Waals surface area contributed by atoms with Gasteiger partial charge in [-0.15, -0.1) is 0 Å². The molecule has 0 N–H and O–H groups in total. The Hall–Kier alpha value is -0.980. The van der Waals surface area contributed by atoms with Crippen LogP contribution in [-0.4, -0.2) is 7.11 Å². The maximum atomic E-state index is 5.16. The second-order valence-corrected chi connectivity index (χ2v) is 4.52. The number of hydrogen-bond donors (Lipinski definition) is 0. The van der Waals surface area contributed by atoms with E-state index in [-0.39, 0.29) is 0 Å². The predicted octanol–water partition coefficient (Wildman–Crippen LogP) is 3.99. The minimum atomic E-state index is 0.836. The van der Waals surface area contributed by atoms with Crippen LogP contribution >= 0.6 is 0 Å². The van der Waals surface area contributed by atoms with Crippen LogP contribution in [0.4, 0.5) is 0 Å². The normalized spacial score (nSPS) is 23.9. The molecule has 2 rings (SSSR count). The highest BCUT2D eigenvalue weighted by atomic mass is 16.5. The molecule has 0 aromatic heterocycles. The monoisotopic (exact) mass is 204 g/mol. The van der Waals surface area contributed by atoms with Crippen molar-refractivity contribution < 1.29 is 4.74 Å². The molecule has 15 heavy (non-hydrogen) atoms. The van der Waals surface area contributed by atoms with E-state index in [2.05, 4.69) is 31.2 Å². The van der Waals surface area contributed by atoms with Gasteiger partial charge in [0.15, 0.2) is 0 Å². The first-order valence-corrected chi connectivity index (χ1v) is 5.99. The van der Waals surface area contributed by atoms with Gasteiger partial charge in [0, 0.05) is 0 Å². The van der Waals surface area contributed by atoms with Crippen LogP contribution in [-0.2, 0) is 0 Å². The molecule has 1 nitrogen and oxygen atoms in total. The van der Waals surface area contributed by atoms with Crippen molar-refractivity contribution in [3.8, 4) is 5.75 Å². The molecule has 1 fully saturated rings. The molecule has 0 radical (unpaired) electrons. The maximum absolute atomic E-state index is 5.16. The van der Waals surface area contributed by atoms with Crippen molar-refractivity contribution in [2.75, 3.05) is 7.11 Å². The molecule has 1 heteroatoms. The van der Waals surface area contributed by atoms with Gasteiger partial charge in [-0.3, -0.25) is 0 Å². The second kappa shape index (κ2) is 4.69. The Kier molecular flexibility index (Phi) is 3.30. The number of benzene rings is 1. The van der Waals surface area contributed by atoms with E-state index in [1.165, 1.54) is 31.2 Å². The predicted molar refractivity (Wildman–Crippen MR) is 63.4 cm³/mol. The summed E-state index contributed by atoms with van der Waals surface area (Å²) in [7, 11) is 1.72. The van der Waals surface area contributed by atoms with Crippen molar-refractivity contribution in [2.24, 2.45) is 5.92 Å². The van der Waals surface area contributed by atoms with Crippen LogP contribution in [0.5, 0.6) is 5.75 Å². The van der Waals surface area contributed by atoms with E-state index in [9.17, 15) is 0 Å². The van der Waals surface area contributed by atoms with Gasteiger partial charge in [0.05, 0.1) is 7.11 Å². The van der Waals surface area contributed by atoms with E-state index in [0.717, 1.165) is 17.6 Å². The standard InChI is InChI=1S/C14H20O/c1-3-4-5-12-10-14(12)11-6-8-13(15-2)9-7-11/h6-9,12,14H,3-5,10H2,1-2H3/t12-,14-/m0/s1. The number of rotatable bonds is 5. The molecule has 0 spiro atoms. The molecule has 0 aliphatic heterocycles. The molecule has 1 aliphatic carbocycles.